The highest BCUT2D eigenvalue weighted by atomic mass is 35.5. The summed E-state index contributed by atoms with van der Waals surface area (Å²) in [5.74, 6) is -0.373. The zero-order valence-electron chi connectivity index (χ0n) is 11.1. The third kappa shape index (κ3) is 2.70. The van der Waals surface area contributed by atoms with Crippen LogP contribution in [0.25, 0.3) is 0 Å². The Morgan fingerprint density at radius 1 is 1.40 bits per heavy atom. The van der Waals surface area contributed by atoms with Crippen LogP contribution in [0.5, 0.6) is 0 Å². The summed E-state index contributed by atoms with van der Waals surface area (Å²) in [6, 6.07) is 4.41. The molecule has 0 saturated carbocycles. The van der Waals surface area contributed by atoms with Crippen LogP contribution in [0.4, 0.5) is 4.39 Å². The van der Waals surface area contributed by atoms with Crippen molar-refractivity contribution in [1.29, 1.82) is 0 Å². The maximum Gasteiger partial charge on any atom is 0.141 e. The Kier molecular flexibility index (Phi) is 4.00. The summed E-state index contributed by atoms with van der Waals surface area (Å²) in [4.78, 5) is 0. The van der Waals surface area contributed by atoms with Gasteiger partial charge in [-0.15, -0.1) is 0 Å². The molecule has 2 aliphatic heterocycles. The molecule has 1 spiro atoms. The molecule has 2 saturated heterocycles. The largest absolute Gasteiger partial charge is 0.388 e. The van der Waals surface area contributed by atoms with Crippen molar-refractivity contribution in [3.63, 3.8) is 0 Å². The van der Waals surface area contributed by atoms with Gasteiger partial charge in [0.2, 0.25) is 0 Å². The van der Waals surface area contributed by atoms with Crippen molar-refractivity contribution in [2.24, 2.45) is 5.92 Å². The van der Waals surface area contributed by atoms with Crippen molar-refractivity contribution in [3.8, 4) is 0 Å². The van der Waals surface area contributed by atoms with Crippen molar-refractivity contribution in [1.82, 2.24) is 0 Å². The van der Waals surface area contributed by atoms with Crippen molar-refractivity contribution >= 4 is 11.6 Å². The quantitative estimate of drug-likeness (QED) is 0.912. The predicted molar refractivity (Wildman–Crippen MR) is 73.2 cm³/mol. The van der Waals surface area contributed by atoms with Gasteiger partial charge in [0.1, 0.15) is 5.82 Å². The lowest BCUT2D eigenvalue weighted by Gasteiger charge is -2.39. The van der Waals surface area contributed by atoms with E-state index in [9.17, 15) is 9.50 Å². The van der Waals surface area contributed by atoms with Gasteiger partial charge in [-0.2, -0.15) is 0 Å². The van der Waals surface area contributed by atoms with E-state index in [2.05, 4.69) is 0 Å². The van der Waals surface area contributed by atoms with E-state index in [1.54, 1.807) is 6.07 Å². The fraction of sp³-hybridized carbons (Fsp3) is 0.600. The number of aliphatic hydroxyl groups is 1. The van der Waals surface area contributed by atoms with Gasteiger partial charge in [0.25, 0.3) is 0 Å². The minimum atomic E-state index is -0.644. The molecular weight excluding hydrogens is 283 g/mol. The molecule has 3 rings (SSSR count). The highest BCUT2D eigenvalue weighted by Crippen LogP contribution is 2.41. The van der Waals surface area contributed by atoms with Gasteiger partial charge in [0.15, 0.2) is 0 Å². The topological polar surface area (TPSA) is 38.7 Å². The number of rotatable bonds is 2. The zero-order chi connectivity index (χ0) is 14.2. The van der Waals surface area contributed by atoms with Crippen LogP contribution in [-0.4, -0.2) is 30.5 Å². The van der Waals surface area contributed by atoms with Crippen LogP contribution in [0.15, 0.2) is 18.2 Å². The molecule has 0 radical (unpaired) electrons. The van der Waals surface area contributed by atoms with Crippen LogP contribution in [0.1, 0.15) is 30.9 Å². The molecule has 5 heteroatoms. The van der Waals surface area contributed by atoms with Crippen LogP contribution in [0, 0.1) is 11.7 Å². The molecule has 0 aliphatic carbocycles. The number of halogens is 2. The minimum absolute atomic E-state index is 0.0486. The Bertz CT molecular complexity index is 488. The zero-order valence-corrected chi connectivity index (χ0v) is 11.9. The Hall–Kier alpha value is -0.680. The molecule has 1 aromatic rings. The molecule has 3 atom stereocenters. The monoisotopic (exact) mass is 300 g/mol. The molecule has 2 aliphatic rings. The highest BCUT2D eigenvalue weighted by molar-refractivity contribution is 6.30. The summed E-state index contributed by atoms with van der Waals surface area (Å²) >= 11 is 5.79. The molecule has 2 fully saturated rings. The first-order valence-electron chi connectivity index (χ1n) is 6.94. The first kappa shape index (κ1) is 14.3. The first-order chi connectivity index (χ1) is 9.60. The molecule has 1 N–H and O–H groups in total. The summed E-state index contributed by atoms with van der Waals surface area (Å²) in [6.07, 6.45) is 1.79. The number of benzene rings is 1. The smallest absolute Gasteiger partial charge is 0.141 e. The summed E-state index contributed by atoms with van der Waals surface area (Å²) in [6.45, 7) is 1.94. The second kappa shape index (κ2) is 5.60. The number of aliphatic hydroxyl groups excluding tert-OH is 1. The van der Waals surface area contributed by atoms with E-state index in [4.69, 9.17) is 21.1 Å². The molecule has 2 heterocycles. The van der Waals surface area contributed by atoms with Gasteiger partial charge in [-0.1, -0.05) is 17.7 Å². The Balaban J connectivity index is 1.75. The first-order valence-corrected chi connectivity index (χ1v) is 7.32. The SMILES string of the molecule is OC(c1ccc(F)c(Cl)c1)C1CCOC2(CCOC2)C1. The fourth-order valence-corrected chi connectivity index (χ4v) is 3.36. The summed E-state index contributed by atoms with van der Waals surface area (Å²) in [7, 11) is 0. The Labute approximate surface area is 122 Å². The van der Waals surface area contributed by atoms with Gasteiger partial charge in [0, 0.05) is 19.6 Å². The summed E-state index contributed by atoms with van der Waals surface area (Å²) in [5, 5.41) is 10.6. The molecule has 0 amide bonds. The summed E-state index contributed by atoms with van der Waals surface area (Å²) < 4.78 is 24.5. The lowest BCUT2D eigenvalue weighted by molar-refractivity contribution is -0.117. The van der Waals surface area contributed by atoms with Crippen molar-refractivity contribution in [2.45, 2.75) is 31.0 Å². The third-order valence-corrected chi connectivity index (χ3v) is 4.62. The minimum Gasteiger partial charge on any atom is -0.388 e. The summed E-state index contributed by atoms with van der Waals surface area (Å²) in [5.41, 5.74) is 0.422. The molecule has 3 nitrogen and oxygen atoms in total. The van der Waals surface area contributed by atoms with Crippen LogP contribution in [0.2, 0.25) is 5.02 Å². The van der Waals surface area contributed by atoms with Gasteiger partial charge in [-0.3, -0.25) is 0 Å². The van der Waals surface area contributed by atoms with Crippen molar-refractivity contribution in [2.75, 3.05) is 19.8 Å². The van der Waals surface area contributed by atoms with Crippen LogP contribution >= 0.6 is 11.6 Å². The third-order valence-electron chi connectivity index (χ3n) is 4.33. The van der Waals surface area contributed by atoms with Gasteiger partial charge in [-0.25, -0.2) is 4.39 Å². The normalized spacial score (nSPS) is 31.6. The van der Waals surface area contributed by atoms with Crippen LogP contribution < -0.4 is 0 Å². The lowest BCUT2D eigenvalue weighted by atomic mass is 9.80. The molecule has 0 bridgehead atoms. The number of hydrogen-bond donors (Lipinski definition) is 1. The lowest BCUT2D eigenvalue weighted by Crippen LogP contribution is -2.41. The van der Waals surface area contributed by atoms with Gasteiger partial charge in [0.05, 0.1) is 23.3 Å². The molecule has 0 aromatic heterocycles. The van der Waals surface area contributed by atoms with Crippen LogP contribution in [-0.2, 0) is 9.47 Å². The van der Waals surface area contributed by atoms with E-state index in [-0.39, 0.29) is 16.5 Å². The average molecular weight is 301 g/mol. The maximum absolute atomic E-state index is 13.2. The van der Waals surface area contributed by atoms with E-state index in [1.165, 1.54) is 12.1 Å². The predicted octanol–water partition coefficient (Wildman–Crippen LogP) is 3.10. The Morgan fingerprint density at radius 3 is 2.95 bits per heavy atom. The van der Waals surface area contributed by atoms with Gasteiger partial charge >= 0.3 is 0 Å². The molecular formula is C15H18ClFO3. The second-order valence-corrected chi connectivity index (χ2v) is 6.11. The van der Waals surface area contributed by atoms with Gasteiger partial charge in [-0.05, 0) is 36.5 Å². The molecule has 1 aromatic carbocycles. The second-order valence-electron chi connectivity index (χ2n) is 5.71. The standard InChI is InChI=1S/C15H18ClFO3/c16-12-7-10(1-2-13(12)17)14(18)11-3-5-20-15(8-11)4-6-19-9-15/h1-2,7,11,14,18H,3-6,8-9H2. The van der Waals surface area contributed by atoms with Crippen molar-refractivity contribution < 1.29 is 19.0 Å². The van der Waals surface area contributed by atoms with Gasteiger partial charge < -0.3 is 14.6 Å². The Morgan fingerprint density at radius 2 is 2.25 bits per heavy atom. The molecule has 20 heavy (non-hydrogen) atoms. The molecule has 110 valence electrons. The highest BCUT2D eigenvalue weighted by Gasteiger charge is 2.43. The van der Waals surface area contributed by atoms with Crippen molar-refractivity contribution in [3.05, 3.63) is 34.6 Å². The molecule has 3 unspecified atom stereocenters. The van der Waals surface area contributed by atoms with E-state index in [0.29, 0.717) is 25.4 Å². The van der Waals surface area contributed by atoms with Crippen LogP contribution in [0.3, 0.4) is 0 Å². The number of ether oxygens (including phenoxy) is 2. The van der Waals surface area contributed by atoms with E-state index < -0.39 is 11.9 Å². The maximum atomic E-state index is 13.2. The van der Waals surface area contributed by atoms with E-state index in [0.717, 1.165) is 19.3 Å². The van der Waals surface area contributed by atoms with E-state index >= 15 is 0 Å². The van der Waals surface area contributed by atoms with E-state index in [1.807, 2.05) is 0 Å². The number of hydrogen-bond acceptors (Lipinski definition) is 3. The average Bonchev–Trinajstić information content (AvgIpc) is 2.89. The fourth-order valence-electron chi connectivity index (χ4n) is 3.17.